The molecule has 0 bridgehead atoms. The van der Waals surface area contributed by atoms with Crippen molar-refractivity contribution in [3.63, 3.8) is 0 Å². The molecule has 26 heavy (non-hydrogen) atoms. The molecule has 6 nitrogen and oxygen atoms in total. The summed E-state index contributed by atoms with van der Waals surface area (Å²) in [6.07, 6.45) is 5.40. The Hall–Kier alpha value is -3.41. The van der Waals surface area contributed by atoms with Gasteiger partial charge in [0.15, 0.2) is 0 Å². The van der Waals surface area contributed by atoms with Gasteiger partial charge in [-0.3, -0.25) is 4.79 Å². The zero-order valence-electron chi connectivity index (χ0n) is 14.4. The summed E-state index contributed by atoms with van der Waals surface area (Å²) in [6.45, 7) is 2.60. The van der Waals surface area contributed by atoms with E-state index in [1.54, 1.807) is 12.5 Å². The Labute approximate surface area is 150 Å². The van der Waals surface area contributed by atoms with Crippen molar-refractivity contribution in [1.29, 1.82) is 0 Å². The fourth-order valence-corrected chi connectivity index (χ4v) is 2.93. The van der Waals surface area contributed by atoms with Gasteiger partial charge in [0, 0.05) is 24.5 Å². The van der Waals surface area contributed by atoms with E-state index in [9.17, 15) is 4.79 Å². The molecule has 130 valence electrons. The second-order valence-electron chi connectivity index (χ2n) is 6.27. The fourth-order valence-electron chi connectivity index (χ4n) is 2.93. The first kappa shape index (κ1) is 16.1. The Bertz CT molecular complexity index is 1000. The number of hydrogen-bond donors (Lipinski definition) is 2. The van der Waals surface area contributed by atoms with Crippen LogP contribution < -0.4 is 5.32 Å². The van der Waals surface area contributed by atoms with Crippen LogP contribution in [-0.4, -0.2) is 25.4 Å². The van der Waals surface area contributed by atoms with Gasteiger partial charge >= 0.3 is 0 Å². The second-order valence-corrected chi connectivity index (χ2v) is 6.27. The molecule has 0 aliphatic rings. The maximum atomic E-state index is 12.6. The SMILES string of the molecule is CC(NC(=O)c1cccc(Cn2ccnc2)c1)c1nc2ccccc2[nH]1. The molecule has 2 aromatic carbocycles. The topological polar surface area (TPSA) is 75.6 Å². The highest BCUT2D eigenvalue weighted by molar-refractivity contribution is 5.94. The first-order chi connectivity index (χ1) is 12.7. The monoisotopic (exact) mass is 345 g/mol. The number of aromatic nitrogens is 4. The van der Waals surface area contributed by atoms with Gasteiger partial charge in [-0.25, -0.2) is 9.97 Å². The highest BCUT2D eigenvalue weighted by Crippen LogP contribution is 2.16. The molecule has 1 unspecified atom stereocenters. The van der Waals surface area contributed by atoms with Crippen molar-refractivity contribution in [2.75, 3.05) is 0 Å². The lowest BCUT2D eigenvalue weighted by Gasteiger charge is -2.12. The Balaban J connectivity index is 1.48. The number of hydrogen-bond acceptors (Lipinski definition) is 3. The molecule has 1 amide bonds. The van der Waals surface area contributed by atoms with Crippen LogP contribution in [0.1, 0.15) is 34.7 Å². The van der Waals surface area contributed by atoms with E-state index < -0.39 is 0 Å². The quantitative estimate of drug-likeness (QED) is 0.583. The highest BCUT2D eigenvalue weighted by atomic mass is 16.1. The number of nitrogens with zero attached hydrogens (tertiary/aromatic N) is 3. The van der Waals surface area contributed by atoms with Crippen LogP contribution in [0.4, 0.5) is 0 Å². The lowest BCUT2D eigenvalue weighted by molar-refractivity contribution is 0.0938. The van der Waals surface area contributed by atoms with Crippen molar-refractivity contribution in [3.8, 4) is 0 Å². The van der Waals surface area contributed by atoms with Gasteiger partial charge in [0.05, 0.1) is 23.4 Å². The molecule has 0 saturated heterocycles. The van der Waals surface area contributed by atoms with E-state index in [4.69, 9.17) is 0 Å². The van der Waals surface area contributed by atoms with Crippen LogP contribution >= 0.6 is 0 Å². The molecule has 0 radical (unpaired) electrons. The Morgan fingerprint density at radius 2 is 2.12 bits per heavy atom. The Morgan fingerprint density at radius 3 is 2.92 bits per heavy atom. The number of carbonyl (C=O) groups excluding carboxylic acids is 1. The Morgan fingerprint density at radius 1 is 1.23 bits per heavy atom. The number of carbonyl (C=O) groups is 1. The number of nitrogens with one attached hydrogen (secondary N) is 2. The fraction of sp³-hybridized carbons (Fsp3) is 0.150. The summed E-state index contributed by atoms with van der Waals surface area (Å²) in [5.41, 5.74) is 3.54. The maximum Gasteiger partial charge on any atom is 0.251 e. The number of para-hydroxylation sites is 2. The van der Waals surface area contributed by atoms with Gasteiger partial charge in [-0.2, -0.15) is 0 Å². The molecule has 0 spiro atoms. The Kier molecular flexibility index (Phi) is 4.23. The second kappa shape index (κ2) is 6.84. The normalized spacial score (nSPS) is 12.2. The van der Waals surface area contributed by atoms with Crippen LogP contribution in [0.5, 0.6) is 0 Å². The summed E-state index contributed by atoms with van der Waals surface area (Å²) in [5, 5.41) is 3.01. The summed E-state index contributed by atoms with van der Waals surface area (Å²) >= 11 is 0. The number of H-pyrrole nitrogens is 1. The van der Waals surface area contributed by atoms with E-state index in [-0.39, 0.29) is 11.9 Å². The molecule has 0 aliphatic carbocycles. The van der Waals surface area contributed by atoms with Crippen LogP contribution in [0.3, 0.4) is 0 Å². The van der Waals surface area contributed by atoms with Crippen molar-refractivity contribution in [3.05, 3.63) is 84.2 Å². The van der Waals surface area contributed by atoms with Gasteiger partial charge in [0.1, 0.15) is 5.82 Å². The minimum atomic E-state index is -0.216. The standard InChI is InChI=1S/C20H19N5O/c1-14(19-23-17-7-2-3-8-18(17)24-19)22-20(26)16-6-4-5-15(11-16)12-25-10-9-21-13-25/h2-11,13-14H,12H2,1H3,(H,22,26)(H,23,24). The summed E-state index contributed by atoms with van der Waals surface area (Å²) in [6, 6.07) is 15.2. The third-order valence-corrected chi connectivity index (χ3v) is 4.28. The van der Waals surface area contributed by atoms with Crippen LogP contribution in [0.15, 0.2) is 67.3 Å². The van der Waals surface area contributed by atoms with Crippen LogP contribution in [-0.2, 0) is 6.54 Å². The van der Waals surface area contributed by atoms with Crippen molar-refractivity contribution in [2.24, 2.45) is 0 Å². The van der Waals surface area contributed by atoms with Gasteiger partial charge in [-0.15, -0.1) is 0 Å². The average Bonchev–Trinajstić information content (AvgIpc) is 3.31. The first-order valence-corrected chi connectivity index (χ1v) is 8.49. The van der Waals surface area contributed by atoms with Crippen molar-refractivity contribution < 1.29 is 4.79 Å². The lowest BCUT2D eigenvalue weighted by Crippen LogP contribution is -2.27. The minimum Gasteiger partial charge on any atom is -0.342 e. The summed E-state index contributed by atoms with van der Waals surface area (Å²) in [5.74, 6) is 0.625. The predicted molar refractivity (Wildman–Crippen MR) is 99.7 cm³/mol. The first-order valence-electron chi connectivity index (χ1n) is 8.49. The average molecular weight is 345 g/mol. The molecule has 6 heteroatoms. The molecule has 4 rings (SSSR count). The summed E-state index contributed by atoms with van der Waals surface area (Å²) < 4.78 is 1.97. The van der Waals surface area contributed by atoms with Gasteiger partial charge in [-0.1, -0.05) is 24.3 Å². The third kappa shape index (κ3) is 3.35. The number of amides is 1. The molecular formula is C20H19N5O. The molecule has 0 fully saturated rings. The van der Waals surface area contributed by atoms with Gasteiger partial charge < -0.3 is 14.9 Å². The van der Waals surface area contributed by atoms with Gasteiger partial charge in [-0.05, 0) is 36.8 Å². The molecular weight excluding hydrogens is 326 g/mol. The lowest BCUT2D eigenvalue weighted by atomic mass is 10.1. The van der Waals surface area contributed by atoms with Crippen molar-refractivity contribution in [1.82, 2.24) is 24.8 Å². The maximum absolute atomic E-state index is 12.6. The van der Waals surface area contributed by atoms with Crippen molar-refractivity contribution in [2.45, 2.75) is 19.5 Å². The molecule has 4 aromatic rings. The zero-order chi connectivity index (χ0) is 17.9. The molecule has 1 atom stereocenters. The number of fused-ring (bicyclic) bond motifs is 1. The van der Waals surface area contributed by atoms with Gasteiger partial charge in [0.2, 0.25) is 0 Å². The molecule has 2 aromatic heterocycles. The van der Waals surface area contributed by atoms with E-state index in [0.717, 1.165) is 22.4 Å². The van der Waals surface area contributed by atoms with Crippen molar-refractivity contribution >= 4 is 16.9 Å². The van der Waals surface area contributed by atoms with E-state index in [2.05, 4.69) is 20.3 Å². The highest BCUT2D eigenvalue weighted by Gasteiger charge is 2.15. The van der Waals surface area contributed by atoms with Crippen LogP contribution in [0.2, 0.25) is 0 Å². The van der Waals surface area contributed by atoms with E-state index in [1.165, 1.54) is 0 Å². The van der Waals surface area contributed by atoms with E-state index >= 15 is 0 Å². The summed E-state index contributed by atoms with van der Waals surface area (Å²) in [7, 11) is 0. The number of benzene rings is 2. The zero-order valence-corrected chi connectivity index (χ0v) is 14.4. The number of imidazole rings is 2. The molecule has 0 saturated carbocycles. The molecule has 2 N–H and O–H groups in total. The van der Waals surface area contributed by atoms with E-state index in [0.29, 0.717) is 12.1 Å². The number of aromatic amines is 1. The van der Waals surface area contributed by atoms with E-state index in [1.807, 2.05) is 66.2 Å². The summed E-state index contributed by atoms with van der Waals surface area (Å²) in [4.78, 5) is 24.5. The smallest absolute Gasteiger partial charge is 0.251 e. The van der Waals surface area contributed by atoms with Crippen LogP contribution in [0, 0.1) is 0 Å². The van der Waals surface area contributed by atoms with Gasteiger partial charge in [0.25, 0.3) is 5.91 Å². The predicted octanol–water partition coefficient (Wildman–Crippen LogP) is 3.30. The van der Waals surface area contributed by atoms with Crippen LogP contribution in [0.25, 0.3) is 11.0 Å². The molecule has 0 aliphatic heterocycles. The third-order valence-electron chi connectivity index (χ3n) is 4.28. The molecule has 2 heterocycles. The largest absolute Gasteiger partial charge is 0.342 e. The number of rotatable bonds is 5. The minimum absolute atomic E-state index is 0.120.